The number of carbonyl (C=O) groups is 1. The molecule has 0 spiro atoms. The molecule has 1 saturated heterocycles. The summed E-state index contributed by atoms with van der Waals surface area (Å²) in [6, 6.07) is 10.1. The monoisotopic (exact) mass is 403 g/mol. The predicted octanol–water partition coefficient (Wildman–Crippen LogP) is 3.05. The molecule has 1 aliphatic rings. The Hall–Kier alpha value is -2.12. The molecule has 1 aliphatic heterocycles. The lowest BCUT2D eigenvalue weighted by Crippen LogP contribution is -2.46. The first-order valence-corrected chi connectivity index (χ1v) is 10.7. The smallest absolute Gasteiger partial charge is 0.258 e. The first kappa shape index (κ1) is 20.6. The average Bonchev–Trinajstić information content (AvgIpc) is 3.13. The minimum absolute atomic E-state index is 0.0553. The molecule has 1 fully saturated rings. The zero-order valence-corrected chi connectivity index (χ0v) is 17.5. The molecule has 6 nitrogen and oxygen atoms in total. The van der Waals surface area contributed by atoms with Crippen molar-refractivity contribution in [1.82, 2.24) is 14.6 Å². The fourth-order valence-corrected chi connectivity index (χ4v) is 3.72. The molecule has 152 valence electrons. The van der Waals surface area contributed by atoms with Gasteiger partial charge in [-0.1, -0.05) is 19.1 Å². The van der Waals surface area contributed by atoms with E-state index in [-0.39, 0.29) is 18.6 Å². The lowest BCUT2D eigenvalue weighted by Gasteiger charge is -2.32. The second-order valence-corrected chi connectivity index (χ2v) is 8.10. The van der Waals surface area contributed by atoms with E-state index < -0.39 is 0 Å². The Morgan fingerprint density at radius 1 is 1.25 bits per heavy atom. The van der Waals surface area contributed by atoms with Crippen LogP contribution in [0, 0.1) is 6.92 Å². The van der Waals surface area contributed by atoms with Crippen molar-refractivity contribution >= 4 is 17.4 Å². The highest BCUT2D eigenvalue weighted by Gasteiger charge is 2.20. The standard InChI is InChI=1S/C21H29N3O3S/c1-3-17-4-6-19(7-5-17)27-15-20(25)22-18-8-10-24(11-9-18)12-13-26-21-14-16(2)28-23-21/h4-7,14,18H,3,8-13,15H2,1-2H3,(H,22,25). The van der Waals surface area contributed by atoms with E-state index in [1.54, 1.807) is 0 Å². The summed E-state index contributed by atoms with van der Waals surface area (Å²) in [6.07, 6.45) is 2.90. The molecule has 1 aromatic heterocycles. The number of piperidine rings is 1. The van der Waals surface area contributed by atoms with Crippen LogP contribution in [0.4, 0.5) is 0 Å². The van der Waals surface area contributed by atoms with E-state index in [4.69, 9.17) is 9.47 Å². The van der Waals surface area contributed by atoms with E-state index in [0.29, 0.717) is 12.5 Å². The number of aryl methyl sites for hydroxylation is 2. The van der Waals surface area contributed by atoms with Gasteiger partial charge in [0.2, 0.25) is 5.88 Å². The van der Waals surface area contributed by atoms with Crippen LogP contribution in [0.1, 0.15) is 30.2 Å². The number of hydrogen-bond acceptors (Lipinski definition) is 6. The van der Waals surface area contributed by atoms with E-state index in [1.165, 1.54) is 17.1 Å². The third-order valence-corrected chi connectivity index (χ3v) is 5.60. The molecule has 7 heteroatoms. The molecular formula is C21H29N3O3S. The highest BCUT2D eigenvalue weighted by Crippen LogP contribution is 2.16. The summed E-state index contributed by atoms with van der Waals surface area (Å²) in [5, 5.41) is 3.09. The van der Waals surface area contributed by atoms with Gasteiger partial charge in [-0.3, -0.25) is 9.69 Å². The molecule has 1 N–H and O–H groups in total. The van der Waals surface area contributed by atoms with Gasteiger partial charge >= 0.3 is 0 Å². The normalized spacial score (nSPS) is 15.4. The molecule has 28 heavy (non-hydrogen) atoms. The summed E-state index contributed by atoms with van der Waals surface area (Å²) < 4.78 is 15.5. The first-order valence-electron chi connectivity index (χ1n) is 9.92. The molecular weight excluding hydrogens is 374 g/mol. The van der Waals surface area contributed by atoms with Crippen LogP contribution in [0.15, 0.2) is 30.3 Å². The number of aromatic nitrogens is 1. The molecule has 0 saturated carbocycles. The van der Waals surface area contributed by atoms with Gasteiger partial charge in [0.25, 0.3) is 5.91 Å². The third-order valence-electron chi connectivity index (χ3n) is 4.92. The van der Waals surface area contributed by atoms with E-state index in [1.807, 2.05) is 37.3 Å². The van der Waals surface area contributed by atoms with Gasteiger partial charge in [-0.15, -0.1) is 0 Å². The van der Waals surface area contributed by atoms with Crippen LogP contribution in [0.3, 0.4) is 0 Å². The summed E-state index contributed by atoms with van der Waals surface area (Å²) in [5.41, 5.74) is 1.26. The topological polar surface area (TPSA) is 63.7 Å². The fourth-order valence-electron chi connectivity index (χ4n) is 3.23. The summed E-state index contributed by atoms with van der Waals surface area (Å²) in [5.74, 6) is 1.40. The first-order chi connectivity index (χ1) is 13.6. The maximum absolute atomic E-state index is 12.1. The number of hydrogen-bond donors (Lipinski definition) is 1. The summed E-state index contributed by atoms with van der Waals surface area (Å²) in [4.78, 5) is 15.7. The number of amides is 1. The predicted molar refractivity (Wildman–Crippen MR) is 111 cm³/mol. The maximum Gasteiger partial charge on any atom is 0.258 e. The van der Waals surface area contributed by atoms with Crippen molar-refractivity contribution in [2.75, 3.05) is 32.8 Å². The number of ether oxygens (including phenoxy) is 2. The van der Waals surface area contributed by atoms with Crippen LogP contribution < -0.4 is 14.8 Å². The van der Waals surface area contributed by atoms with Crippen molar-refractivity contribution < 1.29 is 14.3 Å². The highest BCUT2D eigenvalue weighted by atomic mass is 32.1. The van der Waals surface area contributed by atoms with Gasteiger partial charge in [-0.25, -0.2) is 0 Å². The number of rotatable bonds is 9. The van der Waals surface area contributed by atoms with Crippen LogP contribution in [0.2, 0.25) is 0 Å². The minimum atomic E-state index is -0.0553. The molecule has 1 aromatic carbocycles. The zero-order chi connectivity index (χ0) is 19.8. The molecule has 0 bridgehead atoms. The SMILES string of the molecule is CCc1ccc(OCC(=O)NC2CCN(CCOc3cc(C)sn3)CC2)cc1. The van der Waals surface area contributed by atoms with Gasteiger partial charge in [0.05, 0.1) is 0 Å². The molecule has 0 radical (unpaired) electrons. The van der Waals surface area contributed by atoms with Crippen LogP contribution in [0.5, 0.6) is 11.6 Å². The highest BCUT2D eigenvalue weighted by molar-refractivity contribution is 7.05. The molecule has 0 atom stereocenters. The van der Waals surface area contributed by atoms with Gasteiger partial charge in [0.15, 0.2) is 6.61 Å². The molecule has 3 rings (SSSR count). The van der Waals surface area contributed by atoms with Gasteiger partial charge < -0.3 is 14.8 Å². The van der Waals surface area contributed by atoms with E-state index in [0.717, 1.165) is 49.5 Å². The van der Waals surface area contributed by atoms with Crippen molar-refractivity contribution in [3.8, 4) is 11.6 Å². The van der Waals surface area contributed by atoms with Gasteiger partial charge in [0, 0.05) is 36.6 Å². The second kappa shape index (κ2) is 10.4. The Kier molecular flexibility index (Phi) is 7.68. The number of benzene rings is 1. The number of carbonyl (C=O) groups excluding carboxylic acids is 1. The Labute approximate surface area is 171 Å². The number of likely N-dealkylation sites (tertiary alicyclic amines) is 1. The van der Waals surface area contributed by atoms with Crippen molar-refractivity contribution in [3.05, 3.63) is 40.8 Å². The lowest BCUT2D eigenvalue weighted by molar-refractivity contribution is -0.124. The van der Waals surface area contributed by atoms with Gasteiger partial charge in [-0.2, -0.15) is 4.37 Å². The fraction of sp³-hybridized carbons (Fsp3) is 0.524. The van der Waals surface area contributed by atoms with Gasteiger partial charge in [0.1, 0.15) is 12.4 Å². The maximum atomic E-state index is 12.1. The van der Waals surface area contributed by atoms with Crippen LogP contribution in [-0.4, -0.2) is 54.1 Å². The molecule has 2 heterocycles. The Bertz CT molecular complexity index is 740. The molecule has 0 unspecified atom stereocenters. The largest absolute Gasteiger partial charge is 0.484 e. The van der Waals surface area contributed by atoms with Crippen LogP contribution in [-0.2, 0) is 11.2 Å². The molecule has 0 aliphatic carbocycles. The van der Waals surface area contributed by atoms with E-state index >= 15 is 0 Å². The number of nitrogens with one attached hydrogen (secondary N) is 1. The lowest BCUT2D eigenvalue weighted by atomic mass is 10.1. The minimum Gasteiger partial charge on any atom is -0.484 e. The van der Waals surface area contributed by atoms with E-state index in [9.17, 15) is 4.79 Å². The summed E-state index contributed by atoms with van der Waals surface area (Å²) >= 11 is 1.46. The molecule has 2 aromatic rings. The van der Waals surface area contributed by atoms with Crippen molar-refractivity contribution in [2.24, 2.45) is 0 Å². The Morgan fingerprint density at radius 2 is 2.00 bits per heavy atom. The van der Waals surface area contributed by atoms with Crippen molar-refractivity contribution in [2.45, 2.75) is 39.2 Å². The van der Waals surface area contributed by atoms with Crippen molar-refractivity contribution in [1.29, 1.82) is 0 Å². The van der Waals surface area contributed by atoms with E-state index in [2.05, 4.69) is 21.5 Å². The second-order valence-electron chi connectivity index (χ2n) is 7.09. The summed E-state index contributed by atoms with van der Waals surface area (Å²) in [6.45, 7) is 7.65. The van der Waals surface area contributed by atoms with Crippen LogP contribution >= 0.6 is 11.5 Å². The van der Waals surface area contributed by atoms with Crippen molar-refractivity contribution in [3.63, 3.8) is 0 Å². The Balaban J connectivity index is 1.29. The summed E-state index contributed by atoms with van der Waals surface area (Å²) in [7, 11) is 0. The Morgan fingerprint density at radius 3 is 2.64 bits per heavy atom. The number of nitrogens with zero attached hydrogens (tertiary/aromatic N) is 2. The van der Waals surface area contributed by atoms with Crippen LogP contribution in [0.25, 0.3) is 0 Å². The third kappa shape index (κ3) is 6.49. The quantitative estimate of drug-likeness (QED) is 0.697. The zero-order valence-electron chi connectivity index (χ0n) is 16.6. The molecule has 1 amide bonds. The average molecular weight is 404 g/mol. The van der Waals surface area contributed by atoms with Gasteiger partial charge in [-0.05, 0) is 55.4 Å².